The van der Waals surface area contributed by atoms with Crippen LogP contribution in [0.5, 0.6) is 0 Å². The van der Waals surface area contributed by atoms with Crippen LogP contribution in [-0.2, 0) is 9.53 Å². The number of hydrogen-bond acceptors (Lipinski definition) is 4. The van der Waals surface area contributed by atoms with Crippen molar-refractivity contribution < 1.29 is 24.2 Å². The van der Waals surface area contributed by atoms with Gasteiger partial charge in [0.25, 0.3) is 0 Å². The monoisotopic (exact) mass is 470 g/mol. The van der Waals surface area contributed by atoms with Crippen molar-refractivity contribution in [3.63, 3.8) is 0 Å². The molecule has 0 aromatic heterocycles. The highest BCUT2D eigenvalue weighted by atomic mass is 16.5. The molecule has 2 amide bonds. The number of ether oxygens (including phenoxy) is 1. The predicted octanol–water partition coefficient (Wildman–Crippen LogP) is 4.81. The number of amides is 2. The normalized spacial score (nSPS) is 17.7. The highest BCUT2D eigenvalue weighted by molar-refractivity contribution is 5.97. The molecule has 2 aliphatic carbocycles. The van der Waals surface area contributed by atoms with E-state index in [0.717, 1.165) is 11.1 Å². The maximum atomic E-state index is 12.5. The first-order chi connectivity index (χ1) is 16.9. The van der Waals surface area contributed by atoms with Crippen molar-refractivity contribution >= 4 is 23.7 Å². The number of carbonyl (C=O) groups excluding carboxylic acids is 2. The van der Waals surface area contributed by atoms with Crippen LogP contribution >= 0.6 is 0 Å². The number of nitrogens with one attached hydrogen (secondary N) is 2. The van der Waals surface area contributed by atoms with Gasteiger partial charge in [-0.1, -0.05) is 54.6 Å². The Morgan fingerprint density at radius 3 is 2.29 bits per heavy atom. The summed E-state index contributed by atoms with van der Waals surface area (Å²) in [5.41, 5.74) is 5.90. The van der Waals surface area contributed by atoms with Crippen LogP contribution in [0.15, 0.2) is 66.7 Å². The van der Waals surface area contributed by atoms with Crippen molar-refractivity contribution in [1.29, 1.82) is 0 Å². The minimum Gasteiger partial charge on any atom is -0.478 e. The lowest BCUT2D eigenvalue weighted by atomic mass is 9.98. The maximum absolute atomic E-state index is 12.5. The van der Waals surface area contributed by atoms with Gasteiger partial charge in [0, 0.05) is 24.1 Å². The fourth-order valence-corrected chi connectivity index (χ4v) is 4.82. The summed E-state index contributed by atoms with van der Waals surface area (Å²) >= 11 is 0. The van der Waals surface area contributed by atoms with E-state index in [-0.39, 0.29) is 35.8 Å². The third-order valence-corrected chi connectivity index (χ3v) is 6.85. The van der Waals surface area contributed by atoms with Crippen LogP contribution < -0.4 is 10.6 Å². The standard InChI is InChI=1S/C28H26N2O5/c1-16-10-11-18(13-23(16)27(32)33)30-26(31)24-12-17(24)14-29-28(34)35-15-25-21-8-4-2-6-19(21)20-7-3-5-9-22(20)25/h2-11,13,17,24-25H,12,14-15H2,1H3,(H,29,34)(H,30,31)(H,32,33)/t17-,24-/m1/s1. The van der Waals surface area contributed by atoms with Gasteiger partial charge < -0.3 is 20.5 Å². The van der Waals surface area contributed by atoms with Gasteiger partial charge in [0.15, 0.2) is 0 Å². The van der Waals surface area contributed by atoms with Crippen molar-refractivity contribution in [2.75, 3.05) is 18.5 Å². The molecule has 1 fully saturated rings. The molecule has 3 N–H and O–H groups in total. The summed E-state index contributed by atoms with van der Waals surface area (Å²) in [7, 11) is 0. The number of benzene rings is 3. The van der Waals surface area contributed by atoms with Crippen LogP contribution in [0, 0.1) is 18.8 Å². The van der Waals surface area contributed by atoms with E-state index in [2.05, 4.69) is 34.9 Å². The summed E-state index contributed by atoms with van der Waals surface area (Å²) in [5, 5.41) is 14.8. The van der Waals surface area contributed by atoms with Gasteiger partial charge in [0.2, 0.25) is 5.91 Å². The smallest absolute Gasteiger partial charge is 0.407 e. The molecule has 35 heavy (non-hydrogen) atoms. The summed E-state index contributed by atoms with van der Waals surface area (Å²) < 4.78 is 5.55. The second kappa shape index (κ2) is 9.25. The molecular weight excluding hydrogens is 444 g/mol. The Hall–Kier alpha value is -4.13. The van der Waals surface area contributed by atoms with Crippen molar-refractivity contribution in [2.24, 2.45) is 11.8 Å². The first-order valence-corrected chi connectivity index (χ1v) is 11.7. The van der Waals surface area contributed by atoms with Crippen molar-refractivity contribution in [3.8, 4) is 11.1 Å². The van der Waals surface area contributed by atoms with Gasteiger partial charge in [0.1, 0.15) is 6.61 Å². The summed E-state index contributed by atoms with van der Waals surface area (Å²) in [6.07, 6.45) is 0.162. The molecule has 0 aliphatic heterocycles. The van der Waals surface area contributed by atoms with E-state index >= 15 is 0 Å². The highest BCUT2D eigenvalue weighted by Gasteiger charge is 2.43. The van der Waals surface area contributed by atoms with Crippen LogP contribution in [0.3, 0.4) is 0 Å². The minimum atomic E-state index is -1.03. The van der Waals surface area contributed by atoms with Crippen LogP contribution in [0.4, 0.5) is 10.5 Å². The number of aromatic carboxylic acids is 1. The Balaban J connectivity index is 1.11. The van der Waals surface area contributed by atoms with Gasteiger partial charge in [-0.15, -0.1) is 0 Å². The maximum Gasteiger partial charge on any atom is 0.407 e. The Kier molecular flexibility index (Phi) is 5.99. The molecule has 0 spiro atoms. The number of rotatable bonds is 7. The fraction of sp³-hybridized carbons (Fsp3) is 0.250. The first-order valence-electron chi connectivity index (χ1n) is 11.7. The molecular formula is C28H26N2O5. The number of aryl methyl sites for hydroxylation is 1. The third-order valence-electron chi connectivity index (χ3n) is 6.85. The van der Waals surface area contributed by atoms with Gasteiger partial charge in [-0.3, -0.25) is 4.79 Å². The van der Waals surface area contributed by atoms with E-state index in [1.165, 1.54) is 17.2 Å². The van der Waals surface area contributed by atoms with Crippen molar-refractivity contribution in [1.82, 2.24) is 5.32 Å². The summed E-state index contributed by atoms with van der Waals surface area (Å²) in [6.45, 7) is 2.30. The average Bonchev–Trinajstić information content (AvgIpc) is 3.57. The van der Waals surface area contributed by atoms with Crippen molar-refractivity contribution in [2.45, 2.75) is 19.3 Å². The van der Waals surface area contributed by atoms with Crippen LogP contribution in [-0.4, -0.2) is 36.2 Å². The zero-order valence-electron chi connectivity index (χ0n) is 19.3. The summed E-state index contributed by atoms with van der Waals surface area (Å²) in [5.74, 6) is -1.41. The van der Waals surface area contributed by atoms with Gasteiger partial charge in [-0.2, -0.15) is 0 Å². The average molecular weight is 471 g/mol. The van der Waals surface area contributed by atoms with E-state index in [0.29, 0.717) is 24.2 Å². The molecule has 0 saturated heterocycles. The number of carbonyl (C=O) groups is 3. The Morgan fingerprint density at radius 2 is 1.63 bits per heavy atom. The Bertz CT molecular complexity index is 1270. The molecule has 2 atom stereocenters. The molecule has 0 unspecified atom stereocenters. The van der Waals surface area contributed by atoms with Gasteiger partial charge in [-0.05, 0) is 59.2 Å². The second-order valence-corrected chi connectivity index (χ2v) is 9.13. The van der Waals surface area contributed by atoms with E-state index in [1.54, 1.807) is 19.1 Å². The largest absolute Gasteiger partial charge is 0.478 e. The molecule has 7 nitrogen and oxygen atoms in total. The number of alkyl carbamates (subject to hydrolysis) is 1. The molecule has 3 aromatic carbocycles. The number of carboxylic acids is 1. The van der Waals surface area contributed by atoms with Crippen LogP contribution in [0.1, 0.15) is 39.4 Å². The number of carboxylic acid groups (broad SMARTS) is 1. The van der Waals surface area contributed by atoms with Gasteiger partial charge in [-0.25, -0.2) is 9.59 Å². The van der Waals surface area contributed by atoms with E-state index in [4.69, 9.17) is 4.74 Å². The molecule has 2 aliphatic rings. The zero-order chi connectivity index (χ0) is 24.5. The number of fused-ring (bicyclic) bond motifs is 3. The lowest BCUT2D eigenvalue weighted by molar-refractivity contribution is -0.117. The zero-order valence-corrected chi connectivity index (χ0v) is 19.3. The topological polar surface area (TPSA) is 105 Å². The van der Waals surface area contributed by atoms with E-state index in [9.17, 15) is 19.5 Å². The molecule has 7 heteroatoms. The molecule has 0 radical (unpaired) electrons. The van der Waals surface area contributed by atoms with Crippen LogP contribution in [0.2, 0.25) is 0 Å². The SMILES string of the molecule is Cc1ccc(NC(=O)[C@@H]2C[C@@H]2CNC(=O)OCC2c3ccccc3-c3ccccc32)cc1C(=O)O. The molecule has 3 aromatic rings. The summed E-state index contributed by atoms with van der Waals surface area (Å²) in [6, 6.07) is 21.1. The Labute approximate surface area is 203 Å². The van der Waals surface area contributed by atoms with E-state index in [1.807, 2.05) is 24.3 Å². The quantitative estimate of drug-likeness (QED) is 0.460. The molecule has 0 heterocycles. The minimum absolute atomic E-state index is 0.00203. The summed E-state index contributed by atoms with van der Waals surface area (Å²) in [4.78, 5) is 36.2. The molecule has 5 rings (SSSR count). The first kappa shape index (κ1) is 22.7. The molecule has 0 bridgehead atoms. The predicted molar refractivity (Wildman–Crippen MR) is 131 cm³/mol. The van der Waals surface area contributed by atoms with Crippen molar-refractivity contribution in [3.05, 3.63) is 89.0 Å². The third kappa shape index (κ3) is 4.62. The number of anilines is 1. The number of hydrogen-bond donors (Lipinski definition) is 3. The lowest BCUT2D eigenvalue weighted by Crippen LogP contribution is -2.29. The van der Waals surface area contributed by atoms with Gasteiger partial charge >= 0.3 is 12.1 Å². The van der Waals surface area contributed by atoms with Gasteiger partial charge in [0.05, 0.1) is 5.56 Å². The molecule has 178 valence electrons. The lowest BCUT2D eigenvalue weighted by Gasteiger charge is -2.14. The molecule has 1 saturated carbocycles. The second-order valence-electron chi connectivity index (χ2n) is 9.13. The highest BCUT2D eigenvalue weighted by Crippen LogP contribution is 2.44. The fourth-order valence-electron chi connectivity index (χ4n) is 4.82. The van der Waals surface area contributed by atoms with E-state index < -0.39 is 12.1 Å². The van der Waals surface area contributed by atoms with Crippen LogP contribution in [0.25, 0.3) is 11.1 Å². The Morgan fingerprint density at radius 1 is 0.971 bits per heavy atom.